The fourth-order valence-electron chi connectivity index (χ4n) is 2.23. The molecule has 0 atom stereocenters. The van der Waals surface area contributed by atoms with Crippen LogP contribution in [0.3, 0.4) is 0 Å². The van der Waals surface area contributed by atoms with E-state index in [1.807, 2.05) is 29.6 Å². The Hall–Kier alpha value is -3.06. The second-order valence-electron chi connectivity index (χ2n) is 5.35. The monoisotopic (exact) mass is 441 g/mol. The Morgan fingerprint density at radius 1 is 1.30 bits per heavy atom. The number of aliphatic imine (C=N–C) groups is 1. The molecule has 3 rings (SSSR count). The number of benzene rings is 2. The summed E-state index contributed by atoms with van der Waals surface area (Å²) in [5, 5.41) is 28.5. The van der Waals surface area contributed by atoms with E-state index >= 15 is 0 Å². The summed E-state index contributed by atoms with van der Waals surface area (Å²) in [6.07, 6.45) is 1.40. The van der Waals surface area contributed by atoms with Crippen molar-refractivity contribution < 1.29 is 15.0 Å². The Morgan fingerprint density at radius 3 is 2.81 bits per heavy atom. The number of rotatable bonds is 5. The SMILES string of the molecule is N=C=C(C=Nc1ccc(O)c(C(=O)O)c1)c1nc(-c2cccc(Br)c2)cs1. The maximum Gasteiger partial charge on any atom is 0.339 e. The van der Waals surface area contributed by atoms with Crippen LogP contribution in [-0.2, 0) is 0 Å². The van der Waals surface area contributed by atoms with Crippen molar-refractivity contribution in [3.8, 4) is 17.0 Å². The van der Waals surface area contributed by atoms with Crippen molar-refractivity contribution >= 4 is 56.6 Å². The number of carbonyl (C=O) groups is 1. The van der Waals surface area contributed by atoms with Crippen LogP contribution in [0.15, 0.2) is 57.3 Å². The molecule has 0 aliphatic heterocycles. The third-order valence-electron chi connectivity index (χ3n) is 3.54. The van der Waals surface area contributed by atoms with Gasteiger partial charge in [0.15, 0.2) is 0 Å². The van der Waals surface area contributed by atoms with Gasteiger partial charge in [-0.1, -0.05) is 28.1 Å². The summed E-state index contributed by atoms with van der Waals surface area (Å²) in [6.45, 7) is 0. The van der Waals surface area contributed by atoms with Crippen LogP contribution in [0.1, 0.15) is 15.4 Å². The van der Waals surface area contributed by atoms with E-state index < -0.39 is 5.97 Å². The Kier molecular flexibility index (Phi) is 5.61. The Morgan fingerprint density at radius 2 is 2.11 bits per heavy atom. The highest BCUT2D eigenvalue weighted by atomic mass is 79.9. The van der Waals surface area contributed by atoms with Gasteiger partial charge >= 0.3 is 5.97 Å². The molecule has 0 amide bonds. The number of carboxylic acid groups (broad SMARTS) is 1. The summed E-state index contributed by atoms with van der Waals surface area (Å²) < 4.78 is 0.945. The van der Waals surface area contributed by atoms with E-state index in [0.717, 1.165) is 15.7 Å². The van der Waals surface area contributed by atoms with Gasteiger partial charge in [0.05, 0.1) is 17.0 Å². The average Bonchev–Trinajstić information content (AvgIpc) is 3.13. The highest BCUT2D eigenvalue weighted by Gasteiger charge is 2.11. The summed E-state index contributed by atoms with van der Waals surface area (Å²) in [4.78, 5) is 19.8. The summed E-state index contributed by atoms with van der Waals surface area (Å²) >= 11 is 4.79. The maximum absolute atomic E-state index is 11.1. The molecule has 134 valence electrons. The van der Waals surface area contributed by atoms with E-state index in [1.54, 1.807) is 0 Å². The fourth-order valence-corrected chi connectivity index (χ4v) is 3.43. The molecule has 0 bridgehead atoms. The minimum atomic E-state index is -1.24. The number of nitrogens with one attached hydrogen (secondary N) is 1. The molecule has 8 heteroatoms. The van der Waals surface area contributed by atoms with Gasteiger partial charge in [-0.3, -0.25) is 10.4 Å². The van der Waals surface area contributed by atoms with Gasteiger partial charge in [0, 0.05) is 21.6 Å². The van der Waals surface area contributed by atoms with Crippen LogP contribution in [0.5, 0.6) is 5.75 Å². The summed E-state index contributed by atoms with van der Waals surface area (Å²) in [5.41, 5.74) is 2.18. The molecule has 0 fully saturated rings. The third kappa shape index (κ3) is 4.38. The summed E-state index contributed by atoms with van der Waals surface area (Å²) in [6, 6.07) is 11.7. The van der Waals surface area contributed by atoms with Gasteiger partial charge in [-0.2, -0.15) is 0 Å². The molecule has 0 saturated heterocycles. The standard InChI is InChI=1S/C19H12BrN3O3S/c20-13-3-1-2-11(6-13)16-10-27-18(23-16)12(8-21)9-22-14-4-5-17(24)15(7-14)19(25)26/h1-7,9-10,21,24H,(H,25,26). The van der Waals surface area contributed by atoms with E-state index in [9.17, 15) is 9.90 Å². The fraction of sp³-hybridized carbons (Fsp3) is 0. The Balaban J connectivity index is 1.87. The lowest BCUT2D eigenvalue weighted by Crippen LogP contribution is -1.96. The van der Waals surface area contributed by atoms with E-state index in [0.29, 0.717) is 16.3 Å². The number of allylic oxidation sites excluding steroid dienone is 1. The molecule has 1 heterocycles. The predicted octanol–water partition coefficient (Wildman–Crippen LogP) is 5.01. The number of halogens is 1. The van der Waals surface area contributed by atoms with Crippen molar-refractivity contribution in [3.63, 3.8) is 0 Å². The van der Waals surface area contributed by atoms with E-state index in [4.69, 9.17) is 10.5 Å². The number of aromatic hydroxyl groups is 1. The molecular weight excluding hydrogens is 430 g/mol. The van der Waals surface area contributed by atoms with Crippen LogP contribution in [-0.4, -0.2) is 33.3 Å². The first kappa shape index (κ1) is 18.7. The van der Waals surface area contributed by atoms with Gasteiger partial charge in [0.25, 0.3) is 0 Å². The van der Waals surface area contributed by atoms with Crippen molar-refractivity contribution in [2.75, 3.05) is 0 Å². The topological polar surface area (TPSA) is 107 Å². The van der Waals surface area contributed by atoms with Crippen molar-refractivity contribution in [3.05, 3.63) is 62.9 Å². The first-order valence-corrected chi connectivity index (χ1v) is 9.27. The van der Waals surface area contributed by atoms with Crippen LogP contribution in [0, 0.1) is 5.41 Å². The molecule has 0 aliphatic rings. The number of hydrogen-bond donors (Lipinski definition) is 3. The van der Waals surface area contributed by atoms with Crippen LogP contribution in [0.25, 0.3) is 16.8 Å². The number of aromatic carboxylic acids is 1. The van der Waals surface area contributed by atoms with Gasteiger partial charge in [0.1, 0.15) is 16.3 Å². The van der Waals surface area contributed by atoms with E-state index in [2.05, 4.69) is 31.8 Å². The van der Waals surface area contributed by atoms with Gasteiger partial charge in [-0.15, -0.1) is 11.3 Å². The highest BCUT2D eigenvalue weighted by molar-refractivity contribution is 9.10. The number of hydrogen-bond acceptors (Lipinski definition) is 6. The minimum Gasteiger partial charge on any atom is -0.507 e. The zero-order chi connectivity index (χ0) is 19.4. The second-order valence-corrected chi connectivity index (χ2v) is 7.13. The molecule has 27 heavy (non-hydrogen) atoms. The Bertz CT molecular complexity index is 1100. The van der Waals surface area contributed by atoms with Gasteiger partial charge in [0.2, 0.25) is 0 Å². The summed E-state index contributed by atoms with van der Waals surface area (Å²) in [7, 11) is 0. The number of aromatic nitrogens is 1. The lowest BCUT2D eigenvalue weighted by molar-refractivity contribution is 0.0694. The molecule has 0 aliphatic carbocycles. The van der Waals surface area contributed by atoms with Crippen molar-refractivity contribution in [2.24, 2.45) is 4.99 Å². The average molecular weight is 442 g/mol. The molecule has 3 N–H and O–H groups in total. The van der Waals surface area contributed by atoms with Crippen molar-refractivity contribution in [1.29, 1.82) is 5.41 Å². The second kappa shape index (κ2) is 8.09. The van der Waals surface area contributed by atoms with Gasteiger partial charge in [-0.25, -0.2) is 9.78 Å². The summed E-state index contributed by atoms with van der Waals surface area (Å²) in [5.74, 6) is 0.729. The molecule has 3 aromatic rings. The van der Waals surface area contributed by atoms with Crippen LogP contribution in [0.4, 0.5) is 5.69 Å². The van der Waals surface area contributed by atoms with Crippen molar-refractivity contribution in [2.45, 2.75) is 0 Å². The van der Waals surface area contributed by atoms with Gasteiger partial charge in [-0.05, 0) is 36.2 Å². The third-order valence-corrected chi connectivity index (χ3v) is 4.91. The Labute approximate surface area is 166 Å². The molecular formula is C19H12BrN3O3S. The number of thiazole rings is 1. The molecule has 6 nitrogen and oxygen atoms in total. The lowest BCUT2D eigenvalue weighted by Gasteiger charge is -2.00. The first-order valence-electron chi connectivity index (χ1n) is 7.60. The number of nitrogens with zero attached hydrogens (tertiary/aromatic N) is 2. The largest absolute Gasteiger partial charge is 0.507 e. The molecule has 0 unspecified atom stereocenters. The maximum atomic E-state index is 11.1. The highest BCUT2D eigenvalue weighted by Crippen LogP contribution is 2.27. The van der Waals surface area contributed by atoms with E-state index in [-0.39, 0.29) is 11.3 Å². The zero-order valence-corrected chi connectivity index (χ0v) is 16.1. The predicted molar refractivity (Wildman–Crippen MR) is 110 cm³/mol. The molecule has 2 aromatic carbocycles. The lowest BCUT2D eigenvalue weighted by atomic mass is 10.2. The van der Waals surface area contributed by atoms with Crippen LogP contribution in [0.2, 0.25) is 0 Å². The molecule has 0 saturated carbocycles. The molecule has 0 spiro atoms. The van der Waals surface area contributed by atoms with E-state index in [1.165, 1.54) is 35.8 Å². The number of carboxylic acids is 1. The molecule has 0 radical (unpaired) electrons. The first-order chi connectivity index (χ1) is 13.0. The molecule has 1 aromatic heterocycles. The van der Waals surface area contributed by atoms with Gasteiger partial charge < -0.3 is 10.2 Å². The van der Waals surface area contributed by atoms with Crippen LogP contribution >= 0.6 is 27.3 Å². The normalized spacial score (nSPS) is 10.7. The smallest absolute Gasteiger partial charge is 0.339 e. The van der Waals surface area contributed by atoms with Crippen molar-refractivity contribution in [1.82, 2.24) is 4.98 Å². The zero-order valence-electron chi connectivity index (χ0n) is 13.7. The number of phenols is 1. The van der Waals surface area contributed by atoms with Crippen LogP contribution < -0.4 is 0 Å². The minimum absolute atomic E-state index is 0.240. The quantitative estimate of drug-likeness (QED) is 0.483.